The van der Waals surface area contributed by atoms with Gasteiger partial charge in [0.05, 0.1) is 6.20 Å². The van der Waals surface area contributed by atoms with Crippen molar-refractivity contribution in [3.63, 3.8) is 0 Å². The van der Waals surface area contributed by atoms with E-state index in [2.05, 4.69) is 30.2 Å². The highest BCUT2D eigenvalue weighted by Crippen LogP contribution is 2.28. The van der Waals surface area contributed by atoms with Gasteiger partial charge in [0.2, 0.25) is 5.95 Å². The lowest BCUT2D eigenvalue weighted by molar-refractivity contribution is 0.488. The van der Waals surface area contributed by atoms with E-state index in [1.165, 1.54) is 0 Å². The van der Waals surface area contributed by atoms with Gasteiger partial charge >= 0.3 is 0 Å². The molecule has 0 bridgehead atoms. The van der Waals surface area contributed by atoms with Gasteiger partial charge in [-0.1, -0.05) is 0 Å². The summed E-state index contributed by atoms with van der Waals surface area (Å²) in [5, 5.41) is 3.24. The molecule has 4 heterocycles. The summed E-state index contributed by atoms with van der Waals surface area (Å²) in [6.07, 6.45) is 7.36. The standard InChI is InChI=1S/C20H24N8/c1-13-9-14(2)25-20(24-13)27-17-10-15(3)23-19(26-17)16-5-4-8-28(12-16)18-11-21-6-7-22-18/h6-7,9-11,16H,4-5,8,12H2,1-3H3,(H,23,24,25,26,27)/t16-/m0/s1. The van der Waals surface area contributed by atoms with Gasteiger partial charge in [-0.3, -0.25) is 4.98 Å². The number of nitrogens with zero attached hydrogens (tertiary/aromatic N) is 7. The average molecular weight is 376 g/mol. The highest BCUT2D eigenvalue weighted by molar-refractivity contribution is 5.49. The molecule has 1 fully saturated rings. The van der Waals surface area contributed by atoms with Crippen LogP contribution in [0.4, 0.5) is 17.6 Å². The van der Waals surface area contributed by atoms with Crippen molar-refractivity contribution < 1.29 is 0 Å². The molecule has 144 valence electrons. The number of anilines is 3. The molecule has 1 aliphatic heterocycles. The Morgan fingerprint density at radius 2 is 1.75 bits per heavy atom. The Morgan fingerprint density at radius 1 is 0.964 bits per heavy atom. The van der Waals surface area contributed by atoms with Crippen LogP contribution < -0.4 is 10.2 Å². The Bertz CT molecular complexity index is 939. The van der Waals surface area contributed by atoms with Crippen LogP contribution in [-0.2, 0) is 0 Å². The predicted molar refractivity (Wildman–Crippen MR) is 108 cm³/mol. The van der Waals surface area contributed by atoms with Gasteiger partial charge in [0.15, 0.2) is 0 Å². The van der Waals surface area contributed by atoms with E-state index in [1.807, 2.05) is 39.1 Å². The van der Waals surface area contributed by atoms with Crippen LogP contribution in [0.5, 0.6) is 0 Å². The molecule has 1 aliphatic rings. The van der Waals surface area contributed by atoms with Crippen molar-refractivity contribution in [3.05, 3.63) is 53.6 Å². The smallest absolute Gasteiger partial charge is 0.228 e. The SMILES string of the molecule is Cc1cc(C)nc(Nc2cc(C)nc([C@H]3CCCN(c4cnccn4)C3)n2)n1. The zero-order valence-corrected chi connectivity index (χ0v) is 16.4. The fraction of sp³-hybridized carbons (Fsp3) is 0.400. The molecule has 8 nitrogen and oxygen atoms in total. The molecule has 8 heteroatoms. The van der Waals surface area contributed by atoms with Gasteiger partial charge < -0.3 is 10.2 Å². The molecule has 1 saturated heterocycles. The topological polar surface area (TPSA) is 92.6 Å². The Hall–Kier alpha value is -3.16. The largest absolute Gasteiger partial charge is 0.355 e. The number of nitrogens with one attached hydrogen (secondary N) is 1. The van der Waals surface area contributed by atoms with Crippen molar-refractivity contribution in [2.45, 2.75) is 39.5 Å². The van der Waals surface area contributed by atoms with Crippen molar-refractivity contribution in [1.82, 2.24) is 29.9 Å². The zero-order chi connectivity index (χ0) is 19.5. The fourth-order valence-corrected chi connectivity index (χ4v) is 3.59. The first-order valence-electron chi connectivity index (χ1n) is 9.53. The van der Waals surface area contributed by atoms with Crippen LogP contribution in [0.25, 0.3) is 0 Å². The quantitative estimate of drug-likeness (QED) is 0.742. The molecule has 0 aromatic carbocycles. The molecular weight excluding hydrogens is 352 g/mol. The van der Waals surface area contributed by atoms with Gasteiger partial charge in [0.1, 0.15) is 17.5 Å². The van der Waals surface area contributed by atoms with E-state index in [1.54, 1.807) is 12.4 Å². The van der Waals surface area contributed by atoms with E-state index in [0.717, 1.165) is 60.5 Å². The van der Waals surface area contributed by atoms with Gasteiger partial charge in [0.25, 0.3) is 0 Å². The van der Waals surface area contributed by atoms with Crippen LogP contribution in [0.1, 0.15) is 41.7 Å². The minimum absolute atomic E-state index is 0.247. The molecular formula is C20H24N8. The maximum absolute atomic E-state index is 4.78. The van der Waals surface area contributed by atoms with Gasteiger partial charge in [-0.05, 0) is 39.7 Å². The third-order valence-corrected chi connectivity index (χ3v) is 4.75. The van der Waals surface area contributed by atoms with Crippen molar-refractivity contribution in [3.8, 4) is 0 Å². The lowest BCUT2D eigenvalue weighted by Gasteiger charge is -2.32. The molecule has 28 heavy (non-hydrogen) atoms. The normalized spacial score (nSPS) is 16.8. The number of hydrogen-bond donors (Lipinski definition) is 1. The van der Waals surface area contributed by atoms with Crippen molar-refractivity contribution in [2.75, 3.05) is 23.3 Å². The first kappa shape index (κ1) is 18.2. The predicted octanol–water partition coefficient (Wildman–Crippen LogP) is 3.11. The van der Waals surface area contributed by atoms with E-state index in [-0.39, 0.29) is 5.92 Å². The second-order valence-corrected chi connectivity index (χ2v) is 7.20. The summed E-state index contributed by atoms with van der Waals surface area (Å²) in [6, 6.07) is 3.87. The average Bonchev–Trinajstić information content (AvgIpc) is 2.67. The van der Waals surface area contributed by atoms with Crippen LogP contribution in [0, 0.1) is 20.8 Å². The fourth-order valence-electron chi connectivity index (χ4n) is 3.59. The molecule has 4 rings (SSSR count). The molecule has 0 radical (unpaired) electrons. The van der Waals surface area contributed by atoms with E-state index in [9.17, 15) is 0 Å². The summed E-state index contributed by atoms with van der Waals surface area (Å²) < 4.78 is 0. The van der Waals surface area contributed by atoms with Crippen LogP contribution in [-0.4, -0.2) is 43.0 Å². The minimum Gasteiger partial charge on any atom is -0.355 e. The molecule has 1 atom stereocenters. The third-order valence-electron chi connectivity index (χ3n) is 4.75. The van der Waals surface area contributed by atoms with Crippen LogP contribution in [0.15, 0.2) is 30.7 Å². The minimum atomic E-state index is 0.247. The number of aromatic nitrogens is 6. The molecule has 0 amide bonds. The van der Waals surface area contributed by atoms with E-state index >= 15 is 0 Å². The van der Waals surface area contributed by atoms with Crippen molar-refractivity contribution >= 4 is 17.6 Å². The summed E-state index contributed by atoms with van der Waals surface area (Å²) >= 11 is 0. The monoisotopic (exact) mass is 376 g/mol. The summed E-state index contributed by atoms with van der Waals surface area (Å²) in [7, 11) is 0. The lowest BCUT2D eigenvalue weighted by Crippen LogP contribution is -2.35. The van der Waals surface area contributed by atoms with Gasteiger partial charge in [-0.2, -0.15) is 0 Å². The van der Waals surface area contributed by atoms with E-state index < -0.39 is 0 Å². The van der Waals surface area contributed by atoms with E-state index in [4.69, 9.17) is 9.97 Å². The highest BCUT2D eigenvalue weighted by atomic mass is 15.2. The van der Waals surface area contributed by atoms with Crippen LogP contribution >= 0.6 is 0 Å². The van der Waals surface area contributed by atoms with Crippen molar-refractivity contribution in [2.24, 2.45) is 0 Å². The Morgan fingerprint density at radius 3 is 2.50 bits per heavy atom. The van der Waals surface area contributed by atoms with Crippen molar-refractivity contribution in [1.29, 1.82) is 0 Å². The molecule has 0 saturated carbocycles. The van der Waals surface area contributed by atoms with Gasteiger partial charge in [0, 0.05) is 54.5 Å². The Labute approximate surface area is 164 Å². The number of aryl methyl sites for hydroxylation is 3. The molecule has 0 unspecified atom stereocenters. The third kappa shape index (κ3) is 4.21. The molecule has 3 aromatic rings. The summed E-state index contributed by atoms with van der Waals surface area (Å²) in [4.78, 5) is 29.3. The maximum Gasteiger partial charge on any atom is 0.228 e. The van der Waals surface area contributed by atoms with Crippen LogP contribution in [0.2, 0.25) is 0 Å². The number of piperidine rings is 1. The van der Waals surface area contributed by atoms with Gasteiger partial charge in [-0.25, -0.2) is 24.9 Å². The summed E-state index contributed by atoms with van der Waals surface area (Å²) in [5.41, 5.74) is 2.77. The Kier molecular flexibility index (Phi) is 5.10. The summed E-state index contributed by atoms with van der Waals surface area (Å²) in [5.74, 6) is 3.29. The van der Waals surface area contributed by atoms with Gasteiger partial charge in [-0.15, -0.1) is 0 Å². The molecule has 3 aromatic heterocycles. The Balaban J connectivity index is 1.56. The number of hydrogen-bond acceptors (Lipinski definition) is 8. The molecule has 1 N–H and O–H groups in total. The second-order valence-electron chi connectivity index (χ2n) is 7.20. The molecule has 0 aliphatic carbocycles. The first-order chi connectivity index (χ1) is 13.6. The second kappa shape index (κ2) is 7.84. The maximum atomic E-state index is 4.78. The molecule has 0 spiro atoms. The zero-order valence-electron chi connectivity index (χ0n) is 16.4. The van der Waals surface area contributed by atoms with E-state index in [0.29, 0.717) is 5.95 Å². The number of rotatable bonds is 4. The highest BCUT2D eigenvalue weighted by Gasteiger charge is 2.25. The first-order valence-corrected chi connectivity index (χ1v) is 9.53. The lowest BCUT2D eigenvalue weighted by atomic mass is 9.97. The summed E-state index contributed by atoms with van der Waals surface area (Å²) in [6.45, 7) is 7.71. The van der Waals surface area contributed by atoms with Crippen LogP contribution in [0.3, 0.4) is 0 Å².